The van der Waals surface area contributed by atoms with Gasteiger partial charge in [0.15, 0.2) is 0 Å². The molecule has 1 aromatic rings. The average molecular weight is 204 g/mol. The van der Waals surface area contributed by atoms with Crippen LogP contribution in [0.3, 0.4) is 0 Å². The number of carbonyl (C=O) groups excluding carboxylic acids is 1. The Labute approximate surface area is 87.4 Å². The van der Waals surface area contributed by atoms with E-state index in [9.17, 15) is 4.79 Å². The standard InChI is InChI=1S/C11H12N2O2/c12-11(14)6-1-2-8-9-4-7(5-13-9)15-10(8)3-6/h1-3,7,9,13H,4-5H2,(H2,12,14). The number of amides is 1. The fraction of sp³-hybridized carbons (Fsp3) is 0.364. The first kappa shape index (κ1) is 8.73. The summed E-state index contributed by atoms with van der Waals surface area (Å²) in [5.41, 5.74) is 6.86. The lowest BCUT2D eigenvalue weighted by molar-refractivity contribution is 0.0999. The predicted molar refractivity (Wildman–Crippen MR) is 54.7 cm³/mol. The van der Waals surface area contributed by atoms with Crippen LogP contribution in [0.2, 0.25) is 0 Å². The summed E-state index contributed by atoms with van der Waals surface area (Å²) < 4.78 is 5.74. The predicted octanol–water partition coefficient (Wildman–Crippen LogP) is 0.581. The molecule has 3 rings (SSSR count). The second-order valence-corrected chi connectivity index (χ2v) is 4.05. The fourth-order valence-corrected chi connectivity index (χ4v) is 2.29. The zero-order valence-electron chi connectivity index (χ0n) is 8.19. The van der Waals surface area contributed by atoms with E-state index < -0.39 is 5.91 Å². The van der Waals surface area contributed by atoms with Crippen LogP contribution in [0.4, 0.5) is 0 Å². The minimum atomic E-state index is -0.410. The molecule has 1 amide bonds. The molecule has 1 aromatic carbocycles. The van der Waals surface area contributed by atoms with Crippen molar-refractivity contribution in [3.05, 3.63) is 29.3 Å². The monoisotopic (exact) mass is 204 g/mol. The van der Waals surface area contributed by atoms with Crippen LogP contribution in [-0.2, 0) is 0 Å². The first-order valence-electron chi connectivity index (χ1n) is 5.08. The molecule has 0 aromatic heterocycles. The van der Waals surface area contributed by atoms with Crippen molar-refractivity contribution >= 4 is 5.91 Å². The second-order valence-electron chi connectivity index (χ2n) is 4.05. The molecule has 15 heavy (non-hydrogen) atoms. The van der Waals surface area contributed by atoms with Gasteiger partial charge in [-0.15, -0.1) is 0 Å². The molecule has 2 heterocycles. The first-order valence-corrected chi connectivity index (χ1v) is 5.08. The summed E-state index contributed by atoms with van der Waals surface area (Å²) in [6, 6.07) is 5.80. The van der Waals surface area contributed by atoms with Crippen LogP contribution < -0.4 is 15.8 Å². The zero-order chi connectivity index (χ0) is 10.4. The largest absolute Gasteiger partial charge is 0.489 e. The van der Waals surface area contributed by atoms with E-state index in [1.807, 2.05) is 6.07 Å². The molecule has 1 saturated heterocycles. The Bertz CT molecular complexity index is 431. The number of fused-ring (bicyclic) bond motifs is 4. The Balaban J connectivity index is 2.06. The summed E-state index contributed by atoms with van der Waals surface area (Å²) in [5, 5.41) is 3.38. The van der Waals surface area contributed by atoms with Crippen LogP contribution in [0.25, 0.3) is 0 Å². The highest BCUT2D eigenvalue weighted by atomic mass is 16.5. The Morgan fingerprint density at radius 2 is 2.40 bits per heavy atom. The molecule has 2 bridgehead atoms. The van der Waals surface area contributed by atoms with Gasteiger partial charge in [0.05, 0.1) is 0 Å². The number of carbonyl (C=O) groups is 1. The van der Waals surface area contributed by atoms with Crippen LogP contribution in [0.15, 0.2) is 18.2 Å². The lowest BCUT2D eigenvalue weighted by Gasteiger charge is -2.23. The molecule has 3 N–H and O–H groups in total. The number of nitrogens with two attached hydrogens (primary N) is 1. The van der Waals surface area contributed by atoms with Gasteiger partial charge in [-0.2, -0.15) is 0 Å². The quantitative estimate of drug-likeness (QED) is 0.703. The number of rotatable bonds is 1. The zero-order valence-corrected chi connectivity index (χ0v) is 8.19. The summed E-state index contributed by atoms with van der Waals surface area (Å²) >= 11 is 0. The van der Waals surface area contributed by atoms with Gasteiger partial charge in [-0.25, -0.2) is 0 Å². The van der Waals surface area contributed by atoms with Crippen molar-refractivity contribution in [3.8, 4) is 5.75 Å². The van der Waals surface area contributed by atoms with Crippen molar-refractivity contribution in [2.45, 2.75) is 18.6 Å². The van der Waals surface area contributed by atoms with Gasteiger partial charge in [-0.1, -0.05) is 6.07 Å². The molecule has 0 radical (unpaired) electrons. The number of primary amides is 1. The lowest BCUT2D eigenvalue weighted by atomic mass is 9.99. The molecule has 78 valence electrons. The third-order valence-corrected chi connectivity index (χ3v) is 3.06. The third-order valence-electron chi connectivity index (χ3n) is 3.06. The highest BCUT2D eigenvalue weighted by molar-refractivity contribution is 5.93. The van der Waals surface area contributed by atoms with E-state index in [1.54, 1.807) is 12.1 Å². The van der Waals surface area contributed by atoms with E-state index in [1.165, 1.54) is 0 Å². The van der Waals surface area contributed by atoms with Gasteiger partial charge in [0.1, 0.15) is 11.9 Å². The van der Waals surface area contributed by atoms with E-state index in [2.05, 4.69) is 5.32 Å². The van der Waals surface area contributed by atoms with E-state index in [0.29, 0.717) is 11.6 Å². The van der Waals surface area contributed by atoms with Gasteiger partial charge in [0.2, 0.25) is 5.91 Å². The van der Waals surface area contributed by atoms with E-state index >= 15 is 0 Å². The molecule has 2 aliphatic heterocycles. The maximum absolute atomic E-state index is 11.0. The normalized spacial score (nSPS) is 26.9. The molecular weight excluding hydrogens is 192 g/mol. The Hall–Kier alpha value is -1.55. The number of benzene rings is 1. The lowest BCUT2D eigenvalue weighted by Crippen LogP contribution is -2.20. The van der Waals surface area contributed by atoms with Gasteiger partial charge in [-0.3, -0.25) is 4.79 Å². The Morgan fingerprint density at radius 3 is 3.20 bits per heavy atom. The summed E-state index contributed by atoms with van der Waals surface area (Å²) in [6.07, 6.45) is 1.26. The van der Waals surface area contributed by atoms with Crippen LogP contribution in [-0.4, -0.2) is 18.6 Å². The molecule has 2 unspecified atom stereocenters. The second kappa shape index (κ2) is 2.97. The summed E-state index contributed by atoms with van der Waals surface area (Å²) in [6.45, 7) is 0.880. The number of ether oxygens (including phenoxy) is 1. The highest BCUT2D eigenvalue weighted by Crippen LogP contribution is 2.38. The van der Waals surface area contributed by atoms with Gasteiger partial charge >= 0.3 is 0 Å². The number of hydrogen-bond donors (Lipinski definition) is 2. The summed E-state index contributed by atoms with van der Waals surface area (Å²) in [4.78, 5) is 11.0. The van der Waals surface area contributed by atoms with Crippen molar-refractivity contribution in [1.29, 1.82) is 0 Å². The maximum atomic E-state index is 11.0. The minimum Gasteiger partial charge on any atom is -0.489 e. The van der Waals surface area contributed by atoms with E-state index in [4.69, 9.17) is 10.5 Å². The smallest absolute Gasteiger partial charge is 0.248 e. The molecular formula is C11H12N2O2. The molecule has 1 fully saturated rings. The summed E-state index contributed by atoms with van der Waals surface area (Å²) in [5.74, 6) is 0.393. The van der Waals surface area contributed by atoms with Crippen LogP contribution in [0.5, 0.6) is 5.75 Å². The molecule has 0 aliphatic carbocycles. The number of hydrogen-bond acceptors (Lipinski definition) is 3. The summed E-state index contributed by atoms with van der Waals surface area (Å²) in [7, 11) is 0. The molecule has 2 aliphatic rings. The van der Waals surface area contributed by atoms with Gasteiger partial charge < -0.3 is 15.8 Å². The van der Waals surface area contributed by atoms with Crippen molar-refractivity contribution < 1.29 is 9.53 Å². The molecule has 0 saturated carbocycles. The third kappa shape index (κ3) is 1.29. The van der Waals surface area contributed by atoms with Crippen molar-refractivity contribution in [2.24, 2.45) is 5.73 Å². The van der Waals surface area contributed by atoms with Crippen LogP contribution >= 0.6 is 0 Å². The van der Waals surface area contributed by atoms with E-state index in [0.717, 1.165) is 24.3 Å². The fourth-order valence-electron chi connectivity index (χ4n) is 2.29. The molecule has 4 nitrogen and oxygen atoms in total. The van der Waals surface area contributed by atoms with Crippen molar-refractivity contribution in [3.63, 3.8) is 0 Å². The van der Waals surface area contributed by atoms with Crippen LogP contribution in [0.1, 0.15) is 28.4 Å². The molecule has 0 spiro atoms. The minimum absolute atomic E-state index is 0.241. The van der Waals surface area contributed by atoms with Gasteiger partial charge in [0, 0.05) is 30.1 Å². The first-order chi connectivity index (χ1) is 7.24. The number of nitrogens with one attached hydrogen (secondary N) is 1. The van der Waals surface area contributed by atoms with Crippen molar-refractivity contribution in [2.75, 3.05) is 6.54 Å². The van der Waals surface area contributed by atoms with Crippen molar-refractivity contribution in [1.82, 2.24) is 5.32 Å². The Kier molecular flexibility index (Phi) is 1.73. The topological polar surface area (TPSA) is 64.4 Å². The average Bonchev–Trinajstić information content (AvgIpc) is 2.60. The molecule has 4 heteroatoms. The van der Waals surface area contributed by atoms with Crippen LogP contribution in [0, 0.1) is 0 Å². The highest BCUT2D eigenvalue weighted by Gasteiger charge is 2.33. The maximum Gasteiger partial charge on any atom is 0.248 e. The van der Waals surface area contributed by atoms with E-state index in [-0.39, 0.29) is 6.10 Å². The Morgan fingerprint density at radius 1 is 1.53 bits per heavy atom. The van der Waals surface area contributed by atoms with Gasteiger partial charge in [-0.05, 0) is 12.1 Å². The SMILES string of the molecule is NC(=O)c1ccc2c(c1)OC1CNC2C1. The molecule has 2 atom stereocenters. The van der Waals surface area contributed by atoms with Gasteiger partial charge in [0.25, 0.3) is 0 Å².